The summed E-state index contributed by atoms with van der Waals surface area (Å²) in [5.74, 6) is -38.3. The van der Waals surface area contributed by atoms with E-state index in [0.29, 0.717) is 44.0 Å². The second-order valence-corrected chi connectivity index (χ2v) is 12.5. The largest absolute Gasteiger partial charge is 0.500 e. The third kappa shape index (κ3) is 14.7. The second-order valence-electron chi connectivity index (χ2n) is 8.53. The number of primary amides is 2. The molecule has 0 unspecified atom stereocenters. The van der Waals surface area contributed by atoms with Gasteiger partial charge in [-0.05, 0) is 32.9 Å². The molecule has 0 aliphatic rings. The first kappa shape index (κ1) is 49.6. The molecule has 0 spiro atoms. The third-order valence-corrected chi connectivity index (χ3v) is 9.27. The van der Waals surface area contributed by atoms with Crippen LogP contribution in [0.25, 0.3) is 0 Å². The van der Waals surface area contributed by atoms with Gasteiger partial charge >= 0.3 is 56.7 Å². The highest BCUT2D eigenvalue weighted by Crippen LogP contribution is 2.60. The van der Waals surface area contributed by atoms with Gasteiger partial charge in [-0.3, -0.25) is 0 Å². The predicted molar refractivity (Wildman–Crippen MR) is 149 cm³/mol. The first-order valence-electron chi connectivity index (χ1n) is 13.2. The Morgan fingerprint density at radius 1 is 0.681 bits per heavy atom. The fourth-order valence-corrected chi connectivity index (χ4v) is 6.53. The molecule has 0 radical (unpaired) electrons. The highest BCUT2D eigenvalue weighted by atomic mass is 32.2. The second kappa shape index (κ2) is 21.3. The average molecular weight is 781 g/mol. The van der Waals surface area contributed by atoms with Gasteiger partial charge in [-0.15, -0.1) is 0 Å². The molecule has 0 heterocycles. The third-order valence-electron chi connectivity index (χ3n) is 5.13. The van der Waals surface area contributed by atoms with Gasteiger partial charge in [0.2, 0.25) is 10.6 Å². The Balaban J connectivity index is -0.00000297. The lowest BCUT2D eigenvalue weighted by molar-refractivity contribution is -0.439. The molecule has 0 atom stereocenters. The lowest BCUT2D eigenvalue weighted by Crippen LogP contribution is -2.70. The van der Waals surface area contributed by atoms with Crippen molar-refractivity contribution >= 4 is 43.2 Å². The zero-order valence-electron chi connectivity index (χ0n) is 25.5. The number of urea groups is 2. The zero-order chi connectivity index (χ0) is 38.0. The Morgan fingerprint density at radius 2 is 1.06 bits per heavy atom. The molecule has 9 nitrogen and oxygen atoms in total. The van der Waals surface area contributed by atoms with Crippen molar-refractivity contribution in [3.8, 4) is 0 Å². The maximum atomic E-state index is 13.7. The normalized spacial score (nSPS) is 13.2. The number of alkyl halides is 13. The summed E-state index contributed by atoms with van der Waals surface area (Å²) in [5, 5.41) is 4.71. The van der Waals surface area contributed by atoms with E-state index in [-0.39, 0.29) is 29.4 Å². The van der Waals surface area contributed by atoms with Crippen LogP contribution in [-0.2, 0) is 13.3 Å². The molecule has 6 N–H and O–H groups in total. The number of thioether (sulfide) groups is 1. The van der Waals surface area contributed by atoms with Crippen molar-refractivity contribution in [1.29, 1.82) is 0 Å². The molecule has 0 aromatic carbocycles. The van der Waals surface area contributed by atoms with Crippen molar-refractivity contribution in [2.75, 3.05) is 44.4 Å². The van der Waals surface area contributed by atoms with Crippen LogP contribution in [0.15, 0.2) is 0 Å². The van der Waals surface area contributed by atoms with Crippen LogP contribution in [0.3, 0.4) is 0 Å². The summed E-state index contributed by atoms with van der Waals surface area (Å²) in [6.45, 7) is 6.14. The minimum Gasteiger partial charge on any atom is -0.374 e. The Bertz CT molecular complexity index is 891. The number of hydrogen-bond donors (Lipinski definition) is 4. The van der Waals surface area contributed by atoms with E-state index in [1.807, 2.05) is 0 Å². The lowest BCUT2D eigenvalue weighted by Gasteiger charge is -2.39. The Morgan fingerprint density at radius 3 is 1.45 bits per heavy atom. The van der Waals surface area contributed by atoms with Crippen molar-refractivity contribution < 1.29 is 84.1 Å². The molecular formula is C21H38F14N4O5SSi2. The van der Waals surface area contributed by atoms with E-state index >= 15 is 0 Å². The molecular weight excluding hydrogens is 742 g/mol. The first-order chi connectivity index (χ1) is 21.3. The molecule has 0 aromatic rings. The summed E-state index contributed by atoms with van der Waals surface area (Å²) in [4.78, 5) is 20.8. The van der Waals surface area contributed by atoms with Crippen LogP contribution in [0.2, 0.25) is 6.04 Å². The van der Waals surface area contributed by atoms with Crippen LogP contribution in [-0.4, -0.2) is 112 Å². The van der Waals surface area contributed by atoms with E-state index in [0.717, 1.165) is 0 Å². The van der Waals surface area contributed by atoms with Crippen molar-refractivity contribution in [3.05, 3.63) is 0 Å². The molecule has 47 heavy (non-hydrogen) atoms. The Hall–Kier alpha value is -1.78. The average Bonchev–Trinajstić information content (AvgIpc) is 2.93. The van der Waals surface area contributed by atoms with Crippen molar-refractivity contribution in [3.63, 3.8) is 0 Å². The van der Waals surface area contributed by atoms with Gasteiger partial charge in [0, 0.05) is 51.1 Å². The summed E-state index contributed by atoms with van der Waals surface area (Å²) < 4.78 is 197. The van der Waals surface area contributed by atoms with Gasteiger partial charge < -0.3 is 39.5 Å². The highest BCUT2D eigenvalue weighted by molar-refractivity contribution is 7.99. The van der Waals surface area contributed by atoms with E-state index in [1.165, 1.54) is 0 Å². The Labute approximate surface area is 269 Å². The topological polar surface area (TPSA) is 138 Å². The molecule has 0 rings (SSSR count). The summed E-state index contributed by atoms with van der Waals surface area (Å²) in [6.07, 6.45) is -9.34. The summed E-state index contributed by atoms with van der Waals surface area (Å²) in [5.41, 5.74) is 8.50. The molecule has 0 aromatic heterocycles. The standard InChI is InChI=1S/C20H31F13N2O4SSi.CH4N2O.FH3Si/c1-4-37-41(38-5-2,39-6-3)13-7-9-34-14(36)35-10-12-40-11-8-15(21,22)16(23,24)17(25,26)18(27,28)19(29,30)20(31,32)33;2-1(3)4;1-2/h4-13H2,1-3H3,(H2,34,35,36);(H4,2,3,4);2H3. The maximum Gasteiger partial charge on any atom is 0.500 e. The first-order valence-corrected chi connectivity index (χ1v) is 17.0. The fraction of sp³-hybridized carbons (Fsp3) is 0.905. The van der Waals surface area contributed by atoms with E-state index in [1.54, 1.807) is 20.8 Å². The quantitative estimate of drug-likeness (QED) is 0.0604. The van der Waals surface area contributed by atoms with Gasteiger partial charge in [0.25, 0.3) is 0 Å². The number of carbonyl (C=O) groups excluding carboxylic acids is 2. The molecule has 0 saturated heterocycles. The van der Waals surface area contributed by atoms with E-state index in [2.05, 4.69) is 22.1 Å². The fourth-order valence-electron chi connectivity index (χ4n) is 3.07. The van der Waals surface area contributed by atoms with Gasteiger partial charge in [0.05, 0.1) is 0 Å². The van der Waals surface area contributed by atoms with E-state index in [9.17, 15) is 66.0 Å². The zero-order valence-corrected chi connectivity index (χ0v) is 29.3. The molecule has 284 valence electrons. The number of carbonyl (C=O) groups is 2. The lowest BCUT2D eigenvalue weighted by atomic mass is 9.93. The number of amides is 4. The van der Waals surface area contributed by atoms with Gasteiger partial charge in [-0.2, -0.15) is 68.8 Å². The van der Waals surface area contributed by atoms with Crippen LogP contribution in [0.4, 0.5) is 70.8 Å². The van der Waals surface area contributed by atoms with Crippen LogP contribution >= 0.6 is 11.8 Å². The summed E-state index contributed by atoms with van der Waals surface area (Å²) in [7, 11) is -3.14. The monoisotopic (exact) mass is 780 g/mol. The predicted octanol–water partition coefficient (Wildman–Crippen LogP) is 4.85. The number of halogens is 14. The number of hydrogen-bond acceptors (Lipinski definition) is 6. The van der Waals surface area contributed by atoms with Gasteiger partial charge in [-0.1, -0.05) is 0 Å². The summed E-state index contributed by atoms with van der Waals surface area (Å²) >= 11 is 0.354. The van der Waals surface area contributed by atoms with Gasteiger partial charge in [0.1, 0.15) is 0 Å². The molecule has 0 aliphatic carbocycles. The van der Waals surface area contributed by atoms with Crippen molar-refractivity contribution in [1.82, 2.24) is 10.6 Å². The van der Waals surface area contributed by atoms with Crippen LogP contribution in [0.5, 0.6) is 0 Å². The number of nitrogens with two attached hydrogens (primary N) is 2. The van der Waals surface area contributed by atoms with E-state index in [4.69, 9.17) is 18.1 Å². The van der Waals surface area contributed by atoms with Gasteiger partial charge in [-0.25, -0.2) is 9.59 Å². The molecule has 0 bridgehead atoms. The molecule has 4 amide bonds. The van der Waals surface area contributed by atoms with Crippen molar-refractivity contribution in [2.24, 2.45) is 11.5 Å². The molecule has 0 aliphatic heterocycles. The van der Waals surface area contributed by atoms with Crippen LogP contribution in [0, 0.1) is 0 Å². The maximum absolute atomic E-state index is 13.7. The summed E-state index contributed by atoms with van der Waals surface area (Å²) in [6, 6.07) is -1.19. The van der Waals surface area contributed by atoms with Gasteiger partial charge in [0.15, 0.2) is 0 Å². The Kier molecular flexibility index (Phi) is 22.5. The molecule has 26 heteroatoms. The number of nitrogens with one attached hydrogen (secondary N) is 2. The molecule has 0 saturated carbocycles. The minimum absolute atomic E-state index is 0.133. The smallest absolute Gasteiger partial charge is 0.374 e. The minimum atomic E-state index is -7.91. The van der Waals surface area contributed by atoms with Crippen LogP contribution in [0.1, 0.15) is 33.6 Å². The van der Waals surface area contributed by atoms with Crippen molar-refractivity contribution in [2.45, 2.75) is 75.4 Å². The highest BCUT2D eigenvalue weighted by Gasteiger charge is 2.90. The number of rotatable bonds is 20. The molecule has 0 fully saturated rings. The SMILES string of the molecule is CCO[Si](CCCNC(=O)NCCSCCC(F)(F)C(F)(F)C(F)(F)C(F)(F)C(F)(F)C(F)(F)F)(OCC)OCC.F[SiH3].NC(N)=O. The van der Waals surface area contributed by atoms with Crippen LogP contribution < -0.4 is 22.1 Å². The van der Waals surface area contributed by atoms with E-state index < -0.39 is 68.8 Å².